The van der Waals surface area contributed by atoms with Crippen LogP contribution in [0.3, 0.4) is 0 Å². The minimum Gasteiger partial charge on any atom is -0.478 e. The quantitative estimate of drug-likeness (QED) is 0.578. The molecule has 8 nitrogen and oxygen atoms in total. The highest BCUT2D eigenvalue weighted by molar-refractivity contribution is 5.87. The van der Waals surface area contributed by atoms with Crippen LogP contribution in [0.2, 0.25) is 0 Å². The molecule has 4 aromatic rings. The number of aromatic nitrogens is 4. The second-order valence-electron chi connectivity index (χ2n) is 5.91. The highest BCUT2D eigenvalue weighted by Gasteiger charge is 2.11. The van der Waals surface area contributed by atoms with E-state index < -0.39 is 5.97 Å². The zero-order chi connectivity index (χ0) is 19.0. The molecule has 0 aliphatic rings. The van der Waals surface area contributed by atoms with Crippen LogP contribution < -0.4 is 10.3 Å². The van der Waals surface area contributed by atoms with E-state index in [0.29, 0.717) is 22.4 Å². The van der Waals surface area contributed by atoms with Crippen LogP contribution in [0.15, 0.2) is 59.7 Å². The molecule has 27 heavy (non-hydrogen) atoms. The molecule has 0 bridgehead atoms. The van der Waals surface area contributed by atoms with Gasteiger partial charge < -0.3 is 9.84 Å². The number of H-pyrrole nitrogens is 1. The molecule has 0 radical (unpaired) electrons. The van der Waals surface area contributed by atoms with Gasteiger partial charge in [0.05, 0.1) is 22.7 Å². The van der Waals surface area contributed by atoms with Crippen molar-refractivity contribution in [2.24, 2.45) is 0 Å². The van der Waals surface area contributed by atoms with Gasteiger partial charge in [-0.05, 0) is 36.8 Å². The van der Waals surface area contributed by atoms with E-state index in [0.717, 1.165) is 5.56 Å². The highest BCUT2D eigenvalue weighted by Crippen LogP contribution is 2.26. The molecule has 0 aliphatic carbocycles. The fourth-order valence-electron chi connectivity index (χ4n) is 2.62. The van der Waals surface area contributed by atoms with E-state index in [2.05, 4.69) is 15.1 Å². The van der Waals surface area contributed by atoms with Crippen molar-refractivity contribution in [3.05, 3.63) is 76.3 Å². The molecule has 2 aromatic heterocycles. The number of carboxylic acid groups (broad SMARTS) is 1. The van der Waals surface area contributed by atoms with Crippen LogP contribution in [0.5, 0.6) is 11.5 Å². The Morgan fingerprint density at radius 2 is 2.04 bits per heavy atom. The van der Waals surface area contributed by atoms with E-state index >= 15 is 0 Å². The van der Waals surface area contributed by atoms with Crippen molar-refractivity contribution in [1.82, 2.24) is 19.7 Å². The van der Waals surface area contributed by atoms with Gasteiger partial charge in [0.15, 0.2) is 0 Å². The fourth-order valence-corrected chi connectivity index (χ4v) is 2.62. The predicted molar refractivity (Wildman–Crippen MR) is 97.7 cm³/mol. The lowest BCUT2D eigenvalue weighted by Crippen LogP contribution is -2.14. The van der Waals surface area contributed by atoms with Crippen molar-refractivity contribution in [3.63, 3.8) is 0 Å². The van der Waals surface area contributed by atoms with Gasteiger partial charge in [-0.15, -0.1) is 0 Å². The summed E-state index contributed by atoms with van der Waals surface area (Å²) in [5.74, 6) is 0.245. The summed E-state index contributed by atoms with van der Waals surface area (Å²) in [6.45, 7) is 1.94. The van der Waals surface area contributed by atoms with Crippen LogP contribution in [-0.2, 0) is 0 Å². The van der Waals surface area contributed by atoms with Gasteiger partial charge in [0.2, 0.25) is 5.95 Å². The van der Waals surface area contributed by atoms with Gasteiger partial charge >= 0.3 is 5.97 Å². The molecule has 2 aromatic carbocycles. The third-order valence-electron chi connectivity index (χ3n) is 4.03. The number of fused-ring (bicyclic) bond motifs is 1. The number of benzene rings is 2. The van der Waals surface area contributed by atoms with Gasteiger partial charge in [0.1, 0.15) is 11.5 Å². The largest absolute Gasteiger partial charge is 0.478 e. The number of nitrogens with one attached hydrogen (secondary N) is 1. The lowest BCUT2D eigenvalue weighted by Gasteiger charge is -2.09. The molecule has 2 heterocycles. The number of aromatic amines is 1. The molecule has 0 spiro atoms. The van der Waals surface area contributed by atoms with E-state index in [9.17, 15) is 9.59 Å². The second kappa shape index (κ2) is 6.41. The Labute approximate surface area is 152 Å². The number of aromatic carboxylic acids is 1. The molecule has 0 fully saturated rings. The number of hydrogen-bond donors (Lipinski definition) is 2. The van der Waals surface area contributed by atoms with Gasteiger partial charge in [0, 0.05) is 6.20 Å². The maximum atomic E-state index is 12.5. The third kappa shape index (κ3) is 3.15. The molecule has 8 heteroatoms. The first-order chi connectivity index (χ1) is 13.0. The molecule has 134 valence electrons. The number of nitrogens with zero attached hydrogens (tertiary/aromatic N) is 3. The van der Waals surface area contributed by atoms with Crippen LogP contribution in [-0.4, -0.2) is 30.8 Å². The minimum atomic E-state index is -1.11. The van der Waals surface area contributed by atoms with Crippen LogP contribution in [0.4, 0.5) is 0 Å². The van der Waals surface area contributed by atoms with Crippen molar-refractivity contribution in [2.75, 3.05) is 0 Å². The van der Waals surface area contributed by atoms with E-state index in [4.69, 9.17) is 9.84 Å². The van der Waals surface area contributed by atoms with E-state index in [1.807, 2.05) is 31.2 Å². The molecule has 0 atom stereocenters. The SMILES string of the molecule is Cc1ccccc1Oc1ccc2nc(-n3cc(C(=O)O)cn3)[nH]c(=O)c2c1. The first kappa shape index (κ1) is 16.5. The average molecular weight is 362 g/mol. The first-order valence-corrected chi connectivity index (χ1v) is 8.07. The number of para-hydroxylation sites is 1. The minimum absolute atomic E-state index is 0.000255. The zero-order valence-corrected chi connectivity index (χ0v) is 14.2. The fraction of sp³-hybridized carbons (Fsp3) is 0.0526. The van der Waals surface area contributed by atoms with Crippen molar-refractivity contribution in [3.8, 4) is 17.4 Å². The average Bonchev–Trinajstić information content (AvgIpc) is 3.14. The number of carbonyl (C=O) groups is 1. The lowest BCUT2D eigenvalue weighted by molar-refractivity contribution is 0.0697. The van der Waals surface area contributed by atoms with Crippen molar-refractivity contribution < 1.29 is 14.6 Å². The zero-order valence-electron chi connectivity index (χ0n) is 14.2. The van der Waals surface area contributed by atoms with Gasteiger partial charge in [-0.2, -0.15) is 5.10 Å². The van der Waals surface area contributed by atoms with Gasteiger partial charge in [-0.3, -0.25) is 9.78 Å². The molecule has 0 unspecified atom stereocenters. The summed E-state index contributed by atoms with van der Waals surface area (Å²) in [7, 11) is 0. The first-order valence-electron chi connectivity index (χ1n) is 8.07. The highest BCUT2D eigenvalue weighted by atomic mass is 16.5. The Kier molecular flexibility index (Phi) is 3.92. The topological polar surface area (TPSA) is 110 Å². The Morgan fingerprint density at radius 1 is 1.22 bits per heavy atom. The van der Waals surface area contributed by atoms with Crippen molar-refractivity contribution in [2.45, 2.75) is 6.92 Å². The van der Waals surface area contributed by atoms with Gasteiger partial charge in [-0.1, -0.05) is 18.2 Å². The summed E-state index contributed by atoms with van der Waals surface area (Å²) in [5, 5.41) is 13.3. The summed E-state index contributed by atoms with van der Waals surface area (Å²) in [5.41, 5.74) is 1.04. The molecule has 4 rings (SSSR count). The number of rotatable bonds is 4. The Hall–Kier alpha value is -3.94. The molecule has 0 saturated carbocycles. The van der Waals surface area contributed by atoms with Crippen molar-refractivity contribution >= 4 is 16.9 Å². The summed E-state index contributed by atoms with van der Waals surface area (Å²) < 4.78 is 7.06. The monoisotopic (exact) mass is 362 g/mol. The van der Waals surface area contributed by atoms with E-state index in [1.54, 1.807) is 18.2 Å². The molecule has 0 saturated heterocycles. The van der Waals surface area contributed by atoms with E-state index in [1.165, 1.54) is 17.1 Å². The standard InChI is InChI=1S/C19H14N4O4/c1-11-4-2-3-5-16(11)27-13-6-7-15-14(8-13)17(24)22-19(21-15)23-10-12(9-20-23)18(25)26/h2-10H,1H3,(H,25,26)(H,21,22,24). The molecule has 0 amide bonds. The smallest absolute Gasteiger partial charge is 0.338 e. The summed E-state index contributed by atoms with van der Waals surface area (Å²) in [4.78, 5) is 30.4. The Morgan fingerprint density at radius 3 is 2.78 bits per heavy atom. The Bertz CT molecular complexity index is 1230. The molecule has 0 aliphatic heterocycles. The summed E-state index contributed by atoms with van der Waals surface area (Å²) in [6.07, 6.45) is 2.47. The third-order valence-corrected chi connectivity index (χ3v) is 4.03. The predicted octanol–water partition coefficient (Wildman–Crippen LogP) is 2.91. The van der Waals surface area contributed by atoms with Gasteiger partial charge in [0.25, 0.3) is 5.56 Å². The van der Waals surface area contributed by atoms with Crippen LogP contribution >= 0.6 is 0 Å². The lowest BCUT2D eigenvalue weighted by atomic mass is 10.2. The van der Waals surface area contributed by atoms with Crippen LogP contribution in [0.1, 0.15) is 15.9 Å². The van der Waals surface area contributed by atoms with Gasteiger partial charge in [-0.25, -0.2) is 14.5 Å². The normalized spacial score (nSPS) is 10.9. The molecular weight excluding hydrogens is 348 g/mol. The van der Waals surface area contributed by atoms with Crippen molar-refractivity contribution in [1.29, 1.82) is 0 Å². The summed E-state index contributed by atoms with van der Waals surface area (Å²) >= 11 is 0. The van der Waals surface area contributed by atoms with E-state index in [-0.39, 0.29) is 17.1 Å². The second-order valence-corrected chi connectivity index (χ2v) is 5.91. The summed E-state index contributed by atoms with van der Waals surface area (Å²) in [6, 6.07) is 12.6. The number of carboxylic acids is 1. The maximum absolute atomic E-state index is 12.5. The molecule has 2 N–H and O–H groups in total. The van der Waals surface area contributed by atoms with Crippen LogP contribution in [0.25, 0.3) is 16.9 Å². The number of aryl methyl sites for hydroxylation is 1. The number of ether oxygens (including phenoxy) is 1. The molecular formula is C19H14N4O4. The maximum Gasteiger partial charge on any atom is 0.338 e. The van der Waals surface area contributed by atoms with Crippen LogP contribution in [0, 0.1) is 6.92 Å². The number of hydrogen-bond acceptors (Lipinski definition) is 5. The Balaban J connectivity index is 1.73.